The predicted octanol–water partition coefficient (Wildman–Crippen LogP) is 0.540. The summed E-state index contributed by atoms with van der Waals surface area (Å²) in [4.78, 5) is 12.9. The Morgan fingerprint density at radius 2 is 2.06 bits per heavy atom. The van der Waals surface area contributed by atoms with E-state index in [9.17, 15) is 0 Å². The molecule has 0 amide bonds. The van der Waals surface area contributed by atoms with Gasteiger partial charge in [0.1, 0.15) is 5.82 Å². The molecule has 96 valence electrons. The van der Waals surface area contributed by atoms with Gasteiger partial charge < -0.3 is 15.2 Å². The van der Waals surface area contributed by atoms with E-state index in [2.05, 4.69) is 46.2 Å². The van der Waals surface area contributed by atoms with E-state index >= 15 is 0 Å². The summed E-state index contributed by atoms with van der Waals surface area (Å²) >= 11 is 0. The molecule has 6 heteroatoms. The molecule has 0 aliphatic heterocycles. The molecule has 1 rings (SSSR count). The maximum atomic E-state index is 5.32. The zero-order chi connectivity index (χ0) is 12.7. The summed E-state index contributed by atoms with van der Waals surface area (Å²) < 4.78 is 0. The zero-order valence-electron chi connectivity index (χ0n) is 10.8. The molecule has 0 aliphatic carbocycles. The van der Waals surface area contributed by atoms with Crippen LogP contribution in [0, 0.1) is 0 Å². The van der Waals surface area contributed by atoms with Gasteiger partial charge in [-0.25, -0.2) is 10.8 Å². The first-order valence-corrected chi connectivity index (χ1v) is 5.85. The molecule has 0 aliphatic rings. The Morgan fingerprint density at radius 1 is 1.29 bits per heavy atom. The number of aromatic nitrogens is 2. The van der Waals surface area contributed by atoms with Crippen molar-refractivity contribution in [2.24, 2.45) is 5.84 Å². The fraction of sp³-hybridized carbons (Fsp3) is 0.636. The molecule has 0 radical (unpaired) electrons. The number of hydrogen-bond donors (Lipinski definition) is 2. The highest BCUT2D eigenvalue weighted by Crippen LogP contribution is 2.11. The molecule has 6 nitrogen and oxygen atoms in total. The summed E-state index contributed by atoms with van der Waals surface area (Å²) in [5, 5.41) is 0. The number of nitrogens with two attached hydrogens (primary N) is 1. The van der Waals surface area contributed by atoms with Gasteiger partial charge >= 0.3 is 0 Å². The van der Waals surface area contributed by atoms with Crippen LogP contribution in [0.15, 0.2) is 12.4 Å². The second kappa shape index (κ2) is 7.03. The molecule has 0 saturated heterocycles. The maximum absolute atomic E-state index is 5.32. The second-order valence-electron chi connectivity index (χ2n) is 4.14. The van der Waals surface area contributed by atoms with Crippen molar-refractivity contribution < 1.29 is 0 Å². The van der Waals surface area contributed by atoms with Crippen LogP contribution in [-0.4, -0.2) is 48.6 Å². The number of nitrogens with one attached hydrogen (secondary N) is 1. The van der Waals surface area contributed by atoms with E-state index in [4.69, 9.17) is 5.84 Å². The van der Waals surface area contributed by atoms with Gasteiger partial charge in [-0.1, -0.05) is 0 Å². The van der Waals surface area contributed by atoms with Gasteiger partial charge in [0.15, 0.2) is 5.82 Å². The van der Waals surface area contributed by atoms with Crippen LogP contribution < -0.4 is 16.2 Å². The predicted molar refractivity (Wildman–Crippen MR) is 70.9 cm³/mol. The summed E-state index contributed by atoms with van der Waals surface area (Å²) in [7, 11) is 4.16. The van der Waals surface area contributed by atoms with Crippen LogP contribution in [0.1, 0.15) is 13.3 Å². The van der Waals surface area contributed by atoms with E-state index in [1.807, 2.05) is 0 Å². The molecule has 17 heavy (non-hydrogen) atoms. The molecule has 1 aromatic heterocycles. The van der Waals surface area contributed by atoms with Gasteiger partial charge in [0, 0.05) is 13.1 Å². The molecule has 0 aromatic carbocycles. The van der Waals surface area contributed by atoms with Crippen molar-refractivity contribution in [3.63, 3.8) is 0 Å². The number of rotatable bonds is 7. The van der Waals surface area contributed by atoms with E-state index in [0.29, 0.717) is 5.82 Å². The van der Waals surface area contributed by atoms with Gasteiger partial charge in [0.2, 0.25) is 0 Å². The van der Waals surface area contributed by atoms with Crippen LogP contribution in [0.2, 0.25) is 0 Å². The van der Waals surface area contributed by atoms with Gasteiger partial charge in [-0.05, 0) is 34.0 Å². The van der Waals surface area contributed by atoms with Crippen molar-refractivity contribution in [3.05, 3.63) is 12.4 Å². The summed E-state index contributed by atoms with van der Waals surface area (Å²) in [6.07, 6.45) is 4.47. The average molecular weight is 238 g/mol. The normalized spacial score (nSPS) is 10.6. The molecule has 0 bridgehead atoms. The number of nitrogens with zero attached hydrogens (tertiary/aromatic N) is 4. The van der Waals surface area contributed by atoms with Crippen molar-refractivity contribution in [1.29, 1.82) is 0 Å². The molecule has 1 heterocycles. The molecule has 0 saturated carbocycles. The lowest BCUT2D eigenvalue weighted by Gasteiger charge is -2.22. The molecule has 3 N–H and O–H groups in total. The van der Waals surface area contributed by atoms with Crippen LogP contribution in [-0.2, 0) is 0 Å². The second-order valence-corrected chi connectivity index (χ2v) is 4.14. The zero-order valence-corrected chi connectivity index (χ0v) is 10.8. The van der Waals surface area contributed by atoms with E-state index < -0.39 is 0 Å². The summed E-state index contributed by atoms with van der Waals surface area (Å²) in [6, 6.07) is 0. The summed E-state index contributed by atoms with van der Waals surface area (Å²) in [5.74, 6) is 6.78. The average Bonchev–Trinajstić information content (AvgIpc) is 2.34. The van der Waals surface area contributed by atoms with Gasteiger partial charge in [0.05, 0.1) is 12.4 Å². The topological polar surface area (TPSA) is 70.3 Å². The highest BCUT2D eigenvalue weighted by Gasteiger charge is 2.06. The Morgan fingerprint density at radius 3 is 2.65 bits per heavy atom. The van der Waals surface area contributed by atoms with Crippen LogP contribution in [0.3, 0.4) is 0 Å². The number of nitrogen functional groups attached to an aromatic ring is 1. The van der Waals surface area contributed by atoms with E-state index in [1.165, 1.54) is 0 Å². The number of anilines is 2. The molecule has 0 fully saturated rings. The first-order valence-electron chi connectivity index (χ1n) is 5.85. The minimum Gasteiger partial charge on any atom is -0.356 e. The van der Waals surface area contributed by atoms with Crippen molar-refractivity contribution in [2.45, 2.75) is 13.3 Å². The molecular formula is C11H22N6. The third-order valence-corrected chi connectivity index (χ3v) is 2.51. The minimum absolute atomic E-state index is 0.591. The van der Waals surface area contributed by atoms with Crippen molar-refractivity contribution in [2.75, 3.05) is 44.1 Å². The monoisotopic (exact) mass is 238 g/mol. The van der Waals surface area contributed by atoms with E-state index in [1.54, 1.807) is 12.4 Å². The fourth-order valence-corrected chi connectivity index (χ4v) is 1.59. The smallest absolute Gasteiger partial charge is 0.160 e. The standard InChI is InChI=1S/C11H22N6/c1-4-17(7-5-6-16(2)3)11-9-13-8-10(14-11)15-12/h8-9H,4-7,12H2,1-3H3,(H,14,15). The summed E-state index contributed by atoms with van der Waals surface area (Å²) in [6.45, 7) is 5.06. The van der Waals surface area contributed by atoms with Crippen molar-refractivity contribution in [3.8, 4) is 0 Å². The lowest BCUT2D eigenvalue weighted by atomic mass is 10.3. The van der Waals surface area contributed by atoms with Crippen LogP contribution in [0.4, 0.5) is 11.6 Å². The Hall–Kier alpha value is -1.40. The lowest BCUT2D eigenvalue weighted by Crippen LogP contribution is -2.28. The Labute approximate surface area is 103 Å². The largest absolute Gasteiger partial charge is 0.356 e. The van der Waals surface area contributed by atoms with Crippen molar-refractivity contribution >= 4 is 11.6 Å². The van der Waals surface area contributed by atoms with Gasteiger partial charge in [-0.3, -0.25) is 4.98 Å². The highest BCUT2D eigenvalue weighted by atomic mass is 15.3. The van der Waals surface area contributed by atoms with Gasteiger partial charge in [-0.2, -0.15) is 0 Å². The molecule has 1 aromatic rings. The highest BCUT2D eigenvalue weighted by molar-refractivity contribution is 5.42. The maximum Gasteiger partial charge on any atom is 0.160 e. The van der Waals surface area contributed by atoms with Crippen molar-refractivity contribution in [1.82, 2.24) is 14.9 Å². The Balaban J connectivity index is 2.59. The van der Waals surface area contributed by atoms with E-state index in [0.717, 1.165) is 31.9 Å². The fourth-order valence-electron chi connectivity index (χ4n) is 1.59. The van der Waals surface area contributed by atoms with E-state index in [-0.39, 0.29) is 0 Å². The van der Waals surface area contributed by atoms with Gasteiger partial charge in [0.25, 0.3) is 0 Å². The van der Waals surface area contributed by atoms with Crippen LogP contribution in [0.25, 0.3) is 0 Å². The number of hydrogen-bond acceptors (Lipinski definition) is 6. The minimum atomic E-state index is 0.591. The Kier molecular flexibility index (Phi) is 5.65. The van der Waals surface area contributed by atoms with Crippen LogP contribution >= 0.6 is 0 Å². The number of hydrazine groups is 1. The quantitative estimate of drug-likeness (QED) is 0.534. The van der Waals surface area contributed by atoms with Crippen LogP contribution in [0.5, 0.6) is 0 Å². The first-order chi connectivity index (χ1) is 8.17. The summed E-state index contributed by atoms with van der Waals surface area (Å²) in [5.41, 5.74) is 2.51. The third kappa shape index (κ3) is 4.54. The first kappa shape index (κ1) is 13.7. The third-order valence-electron chi connectivity index (χ3n) is 2.51. The molecule has 0 atom stereocenters. The lowest BCUT2D eigenvalue weighted by molar-refractivity contribution is 0.400. The molecule has 0 spiro atoms. The molecular weight excluding hydrogens is 216 g/mol. The van der Waals surface area contributed by atoms with Gasteiger partial charge in [-0.15, -0.1) is 0 Å². The molecule has 0 unspecified atom stereocenters. The Bertz CT molecular complexity index is 327. The SMILES string of the molecule is CCN(CCCN(C)C)c1cncc(NN)n1.